The van der Waals surface area contributed by atoms with Crippen molar-refractivity contribution in [2.45, 2.75) is 39.7 Å². The maximum atomic E-state index is 12.1. The summed E-state index contributed by atoms with van der Waals surface area (Å²) in [5.74, 6) is 0.692. The maximum absolute atomic E-state index is 12.1. The number of carbonyl (C=O) groups is 2. The van der Waals surface area contributed by atoms with Gasteiger partial charge in [-0.25, -0.2) is 0 Å². The van der Waals surface area contributed by atoms with Gasteiger partial charge in [-0.2, -0.15) is 0 Å². The van der Waals surface area contributed by atoms with Gasteiger partial charge in [0, 0.05) is 4.47 Å². The van der Waals surface area contributed by atoms with Crippen LogP contribution in [-0.4, -0.2) is 24.5 Å². The molecule has 7 heteroatoms. The third kappa shape index (κ3) is 6.56. The van der Waals surface area contributed by atoms with Gasteiger partial charge < -0.3 is 9.47 Å². The van der Waals surface area contributed by atoms with Crippen LogP contribution in [0.3, 0.4) is 0 Å². The first-order valence-corrected chi connectivity index (χ1v) is 9.80. The number of hydrogen-bond donors (Lipinski definition) is 2. The van der Waals surface area contributed by atoms with E-state index in [-0.39, 0.29) is 6.61 Å². The molecule has 0 aliphatic heterocycles. The number of aryl methyl sites for hydroxylation is 1. The van der Waals surface area contributed by atoms with Gasteiger partial charge in [0.15, 0.2) is 12.7 Å². The molecule has 150 valence electrons. The van der Waals surface area contributed by atoms with E-state index in [4.69, 9.17) is 9.47 Å². The van der Waals surface area contributed by atoms with Crippen LogP contribution in [0.5, 0.6) is 11.5 Å². The molecule has 28 heavy (non-hydrogen) atoms. The summed E-state index contributed by atoms with van der Waals surface area (Å²) in [7, 11) is 0. The van der Waals surface area contributed by atoms with Crippen LogP contribution in [0.15, 0.2) is 46.9 Å². The third-order valence-electron chi connectivity index (χ3n) is 4.05. The predicted molar refractivity (Wildman–Crippen MR) is 111 cm³/mol. The summed E-state index contributed by atoms with van der Waals surface area (Å²) in [4.78, 5) is 24.0. The average molecular weight is 449 g/mol. The summed E-state index contributed by atoms with van der Waals surface area (Å²) < 4.78 is 12.0. The van der Waals surface area contributed by atoms with Gasteiger partial charge in [-0.3, -0.25) is 20.4 Å². The molecule has 0 aliphatic carbocycles. The zero-order chi connectivity index (χ0) is 20.7. The van der Waals surface area contributed by atoms with E-state index in [9.17, 15) is 9.59 Å². The molecule has 2 aromatic rings. The van der Waals surface area contributed by atoms with Gasteiger partial charge in [0.1, 0.15) is 11.5 Å². The molecule has 1 unspecified atom stereocenters. The summed E-state index contributed by atoms with van der Waals surface area (Å²) in [6.45, 7) is 7.49. The molecule has 0 saturated carbocycles. The molecule has 0 heterocycles. The van der Waals surface area contributed by atoms with Crippen LogP contribution in [0.4, 0.5) is 0 Å². The van der Waals surface area contributed by atoms with Crippen LogP contribution in [-0.2, 0) is 9.59 Å². The van der Waals surface area contributed by atoms with E-state index >= 15 is 0 Å². The minimum atomic E-state index is -0.764. The number of carbonyl (C=O) groups excluding carboxylic acids is 2. The molecule has 2 N–H and O–H groups in total. The van der Waals surface area contributed by atoms with Gasteiger partial charge in [-0.1, -0.05) is 41.9 Å². The lowest BCUT2D eigenvalue weighted by Crippen LogP contribution is -2.48. The lowest BCUT2D eigenvalue weighted by molar-refractivity contribution is -0.133. The van der Waals surface area contributed by atoms with Crippen molar-refractivity contribution in [3.63, 3.8) is 0 Å². The normalized spacial score (nSPS) is 11.6. The Morgan fingerprint density at radius 3 is 2.32 bits per heavy atom. The topological polar surface area (TPSA) is 76.7 Å². The molecule has 0 saturated heterocycles. The van der Waals surface area contributed by atoms with E-state index in [1.807, 2.05) is 43.3 Å². The lowest BCUT2D eigenvalue weighted by Gasteiger charge is -2.16. The Balaban J connectivity index is 1.76. The van der Waals surface area contributed by atoms with E-state index < -0.39 is 17.9 Å². The molecule has 0 radical (unpaired) electrons. The van der Waals surface area contributed by atoms with Gasteiger partial charge in [-0.05, 0) is 61.2 Å². The molecular weight excluding hydrogens is 424 g/mol. The summed E-state index contributed by atoms with van der Waals surface area (Å²) >= 11 is 3.37. The highest BCUT2D eigenvalue weighted by molar-refractivity contribution is 9.10. The monoisotopic (exact) mass is 448 g/mol. The second-order valence-corrected chi connectivity index (χ2v) is 7.64. The fourth-order valence-electron chi connectivity index (χ4n) is 2.38. The van der Waals surface area contributed by atoms with Crippen molar-refractivity contribution >= 4 is 27.7 Å². The number of benzene rings is 2. The van der Waals surface area contributed by atoms with Crippen LogP contribution in [0, 0.1) is 6.92 Å². The number of rotatable bonds is 7. The Kier molecular flexibility index (Phi) is 7.87. The number of amides is 2. The summed E-state index contributed by atoms with van der Waals surface area (Å²) in [5, 5.41) is 0. The van der Waals surface area contributed by atoms with Crippen molar-refractivity contribution in [3.05, 3.63) is 58.1 Å². The number of hydrogen-bond acceptors (Lipinski definition) is 4. The van der Waals surface area contributed by atoms with Crippen LogP contribution < -0.4 is 20.3 Å². The Hall–Kier alpha value is -2.54. The van der Waals surface area contributed by atoms with Gasteiger partial charge >= 0.3 is 0 Å². The summed E-state index contributed by atoms with van der Waals surface area (Å²) in [6.07, 6.45) is -0.764. The highest BCUT2D eigenvalue weighted by atomic mass is 79.9. The first-order valence-electron chi connectivity index (χ1n) is 9.00. The third-order valence-corrected chi connectivity index (χ3v) is 4.54. The Morgan fingerprint density at radius 2 is 1.71 bits per heavy atom. The van der Waals surface area contributed by atoms with Gasteiger partial charge in [0.2, 0.25) is 0 Å². The van der Waals surface area contributed by atoms with E-state index in [1.54, 1.807) is 13.0 Å². The quantitative estimate of drug-likeness (QED) is 0.630. The number of ether oxygens (including phenoxy) is 2. The molecule has 0 fully saturated rings. The van der Waals surface area contributed by atoms with E-state index in [1.165, 1.54) is 5.56 Å². The van der Waals surface area contributed by atoms with E-state index in [0.29, 0.717) is 17.4 Å². The average Bonchev–Trinajstić information content (AvgIpc) is 2.65. The molecule has 0 aromatic heterocycles. The Labute approximate surface area is 173 Å². The second kappa shape index (κ2) is 10.1. The minimum absolute atomic E-state index is 0.214. The minimum Gasteiger partial charge on any atom is -0.483 e. The fourth-order valence-corrected chi connectivity index (χ4v) is 2.85. The molecule has 2 aromatic carbocycles. The molecule has 2 rings (SSSR count). The maximum Gasteiger partial charge on any atom is 0.279 e. The molecule has 0 aliphatic rings. The first-order chi connectivity index (χ1) is 13.3. The molecule has 6 nitrogen and oxygen atoms in total. The van der Waals surface area contributed by atoms with Crippen molar-refractivity contribution in [2.75, 3.05) is 6.61 Å². The molecule has 1 atom stereocenters. The largest absolute Gasteiger partial charge is 0.483 e. The van der Waals surface area contributed by atoms with Crippen molar-refractivity contribution in [1.29, 1.82) is 0 Å². The van der Waals surface area contributed by atoms with Crippen LogP contribution in [0.1, 0.15) is 37.8 Å². The van der Waals surface area contributed by atoms with Crippen LogP contribution in [0.2, 0.25) is 0 Å². The molecule has 0 spiro atoms. The van der Waals surface area contributed by atoms with E-state index in [0.717, 1.165) is 10.0 Å². The van der Waals surface area contributed by atoms with Gasteiger partial charge in [0.05, 0.1) is 0 Å². The van der Waals surface area contributed by atoms with Crippen molar-refractivity contribution < 1.29 is 19.1 Å². The second-order valence-electron chi connectivity index (χ2n) is 6.72. The highest BCUT2D eigenvalue weighted by Crippen LogP contribution is 2.22. The van der Waals surface area contributed by atoms with Gasteiger partial charge in [0.25, 0.3) is 11.8 Å². The smallest absolute Gasteiger partial charge is 0.279 e. The van der Waals surface area contributed by atoms with E-state index in [2.05, 4.69) is 40.6 Å². The highest BCUT2D eigenvalue weighted by Gasteiger charge is 2.16. The number of halogens is 1. The first kappa shape index (κ1) is 21.8. The standard InChI is InChI=1S/C21H25BrN2O4/c1-13(2)16-5-8-18(9-6-16)28-15(4)21(26)24-23-20(25)12-27-19-10-7-17(22)11-14(19)3/h5-11,13,15H,12H2,1-4H3,(H,23,25)(H,24,26). The van der Waals surface area contributed by atoms with Crippen molar-refractivity contribution in [3.8, 4) is 11.5 Å². The van der Waals surface area contributed by atoms with Crippen molar-refractivity contribution in [2.24, 2.45) is 0 Å². The fraction of sp³-hybridized carbons (Fsp3) is 0.333. The number of hydrazine groups is 1. The SMILES string of the molecule is Cc1cc(Br)ccc1OCC(=O)NNC(=O)C(C)Oc1ccc(C(C)C)cc1. The molecule has 0 bridgehead atoms. The number of nitrogens with one attached hydrogen (secondary N) is 2. The van der Waals surface area contributed by atoms with Crippen molar-refractivity contribution in [1.82, 2.24) is 10.9 Å². The summed E-state index contributed by atoms with van der Waals surface area (Å²) in [6, 6.07) is 13.1. The Bertz CT molecular complexity index is 822. The Morgan fingerprint density at radius 1 is 1.04 bits per heavy atom. The zero-order valence-electron chi connectivity index (χ0n) is 16.4. The zero-order valence-corrected chi connectivity index (χ0v) is 18.0. The van der Waals surface area contributed by atoms with Crippen LogP contribution in [0.25, 0.3) is 0 Å². The summed E-state index contributed by atoms with van der Waals surface area (Å²) in [5.41, 5.74) is 6.75. The predicted octanol–water partition coefficient (Wildman–Crippen LogP) is 3.87. The molecule has 2 amide bonds. The molecular formula is C21H25BrN2O4. The lowest BCUT2D eigenvalue weighted by atomic mass is 10.0. The van der Waals surface area contributed by atoms with Gasteiger partial charge in [-0.15, -0.1) is 0 Å². The van der Waals surface area contributed by atoms with Crippen LogP contribution >= 0.6 is 15.9 Å².